The average molecular weight is 513 g/mol. The molecule has 40 heavy (non-hydrogen) atoms. The Morgan fingerprint density at radius 3 is 1.38 bits per heavy atom. The van der Waals surface area contributed by atoms with Crippen LogP contribution in [0.5, 0.6) is 0 Å². The van der Waals surface area contributed by atoms with Crippen molar-refractivity contribution < 1.29 is 0 Å². The van der Waals surface area contributed by atoms with Crippen molar-refractivity contribution in [1.82, 2.24) is 4.98 Å². The summed E-state index contributed by atoms with van der Waals surface area (Å²) in [6, 6.07) is 51.8. The van der Waals surface area contributed by atoms with Crippen LogP contribution < -0.4 is 4.90 Å². The first-order chi connectivity index (χ1) is 19.8. The van der Waals surface area contributed by atoms with Gasteiger partial charge in [-0.2, -0.15) is 0 Å². The van der Waals surface area contributed by atoms with E-state index in [1.54, 1.807) is 0 Å². The fourth-order valence-corrected chi connectivity index (χ4v) is 5.72. The lowest BCUT2D eigenvalue weighted by atomic mass is 9.86. The minimum absolute atomic E-state index is 0.896. The highest BCUT2D eigenvalue weighted by molar-refractivity contribution is 6.21. The normalized spacial score (nSPS) is 11.1. The SMILES string of the molecule is Cc1ccc(N(c2ccccc2)c2ccc(-c3c4ccccc4c(-c4ccccc4)c4ccccc34)cc2)nc1. The monoisotopic (exact) mass is 512 g/mol. The molecule has 0 aliphatic carbocycles. The maximum atomic E-state index is 4.76. The second-order valence-corrected chi connectivity index (χ2v) is 10.1. The number of pyridine rings is 1. The van der Waals surface area contributed by atoms with Gasteiger partial charge in [-0.3, -0.25) is 4.90 Å². The third kappa shape index (κ3) is 4.20. The number of para-hydroxylation sites is 1. The van der Waals surface area contributed by atoms with Gasteiger partial charge in [0.25, 0.3) is 0 Å². The number of hydrogen-bond donors (Lipinski definition) is 0. The van der Waals surface area contributed by atoms with Gasteiger partial charge >= 0.3 is 0 Å². The van der Waals surface area contributed by atoms with Crippen LogP contribution in [0.1, 0.15) is 5.56 Å². The molecular formula is C38H28N2. The van der Waals surface area contributed by atoms with Gasteiger partial charge in [0.15, 0.2) is 0 Å². The number of benzene rings is 6. The van der Waals surface area contributed by atoms with E-state index in [0.29, 0.717) is 0 Å². The van der Waals surface area contributed by atoms with Gasteiger partial charge in [0, 0.05) is 17.6 Å². The Morgan fingerprint density at radius 2 is 0.875 bits per heavy atom. The van der Waals surface area contributed by atoms with Crippen molar-refractivity contribution in [3.63, 3.8) is 0 Å². The Morgan fingerprint density at radius 1 is 0.425 bits per heavy atom. The van der Waals surface area contributed by atoms with Gasteiger partial charge in [-0.25, -0.2) is 4.98 Å². The molecule has 0 unspecified atom stereocenters. The summed E-state index contributed by atoms with van der Waals surface area (Å²) >= 11 is 0. The number of nitrogens with zero attached hydrogens (tertiary/aromatic N) is 2. The van der Waals surface area contributed by atoms with E-state index in [9.17, 15) is 0 Å². The van der Waals surface area contributed by atoms with Crippen LogP contribution >= 0.6 is 0 Å². The van der Waals surface area contributed by atoms with Crippen LogP contribution in [0.25, 0.3) is 43.8 Å². The largest absolute Gasteiger partial charge is 0.295 e. The molecule has 2 nitrogen and oxygen atoms in total. The summed E-state index contributed by atoms with van der Waals surface area (Å²) in [5.41, 5.74) is 8.27. The maximum absolute atomic E-state index is 4.76. The van der Waals surface area contributed by atoms with Crippen LogP contribution in [0, 0.1) is 6.92 Å². The molecule has 1 aromatic heterocycles. The zero-order chi connectivity index (χ0) is 26.9. The molecule has 2 heteroatoms. The topological polar surface area (TPSA) is 16.1 Å². The third-order valence-electron chi connectivity index (χ3n) is 7.55. The van der Waals surface area contributed by atoms with Crippen molar-refractivity contribution >= 4 is 38.7 Å². The van der Waals surface area contributed by atoms with E-state index in [2.05, 4.69) is 151 Å². The summed E-state index contributed by atoms with van der Waals surface area (Å²) in [7, 11) is 0. The molecule has 7 rings (SSSR count). The second kappa shape index (κ2) is 10.2. The number of hydrogen-bond acceptors (Lipinski definition) is 2. The van der Waals surface area contributed by atoms with Gasteiger partial charge in [0.1, 0.15) is 5.82 Å². The van der Waals surface area contributed by atoms with Crippen LogP contribution in [0.4, 0.5) is 17.2 Å². The smallest absolute Gasteiger partial charge is 0.137 e. The van der Waals surface area contributed by atoms with Crippen molar-refractivity contribution in [2.24, 2.45) is 0 Å². The number of aryl methyl sites for hydroxylation is 1. The Balaban J connectivity index is 1.42. The molecule has 7 aromatic rings. The Labute approximate surface area is 234 Å². The summed E-state index contributed by atoms with van der Waals surface area (Å²) in [6.07, 6.45) is 1.92. The summed E-state index contributed by atoms with van der Waals surface area (Å²) in [5, 5.41) is 5.04. The third-order valence-corrected chi connectivity index (χ3v) is 7.55. The summed E-state index contributed by atoms with van der Waals surface area (Å²) in [4.78, 5) is 6.96. The quantitative estimate of drug-likeness (QED) is 0.213. The molecule has 0 saturated carbocycles. The molecule has 0 saturated heterocycles. The van der Waals surface area contributed by atoms with Gasteiger partial charge in [0.05, 0.1) is 0 Å². The molecule has 6 aromatic carbocycles. The first-order valence-electron chi connectivity index (χ1n) is 13.6. The average Bonchev–Trinajstić information content (AvgIpc) is 3.02. The van der Waals surface area contributed by atoms with Crippen molar-refractivity contribution in [3.05, 3.63) is 157 Å². The lowest BCUT2D eigenvalue weighted by Crippen LogP contribution is -2.11. The molecule has 0 atom stereocenters. The van der Waals surface area contributed by atoms with Gasteiger partial charge in [-0.15, -0.1) is 0 Å². The fourth-order valence-electron chi connectivity index (χ4n) is 5.72. The Kier molecular flexibility index (Phi) is 6.07. The number of aromatic nitrogens is 1. The Bertz CT molecular complexity index is 1870. The first kappa shape index (κ1) is 23.9. The summed E-state index contributed by atoms with van der Waals surface area (Å²) < 4.78 is 0. The van der Waals surface area contributed by atoms with E-state index in [0.717, 1.165) is 22.8 Å². The molecule has 0 amide bonds. The van der Waals surface area contributed by atoms with Crippen LogP contribution in [0.2, 0.25) is 0 Å². The molecule has 190 valence electrons. The number of fused-ring (bicyclic) bond motifs is 2. The van der Waals surface area contributed by atoms with Crippen LogP contribution in [0.15, 0.2) is 152 Å². The summed E-state index contributed by atoms with van der Waals surface area (Å²) in [5.74, 6) is 0.896. The first-order valence-corrected chi connectivity index (χ1v) is 13.6. The molecule has 0 aliphatic heterocycles. The van der Waals surface area contributed by atoms with Crippen LogP contribution in [-0.2, 0) is 0 Å². The van der Waals surface area contributed by atoms with Crippen LogP contribution in [0.3, 0.4) is 0 Å². The molecule has 1 heterocycles. The maximum Gasteiger partial charge on any atom is 0.137 e. The molecule has 0 bridgehead atoms. The van der Waals surface area contributed by atoms with E-state index in [-0.39, 0.29) is 0 Å². The van der Waals surface area contributed by atoms with E-state index in [1.165, 1.54) is 43.8 Å². The predicted octanol–water partition coefficient (Wildman–Crippen LogP) is 10.5. The van der Waals surface area contributed by atoms with Crippen molar-refractivity contribution in [2.45, 2.75) is 6.92 Å². The molecule has 0 fully saturated rings. The second-order valence-electron chi connectivity index (χ2n) is 10.1. The highest BCUT2D eigenvalue weighted by atomic mass is 15.2. The zero-order valence-electron chi connectivity index (χ0n) is 22.3. The molecule has 0 radical (unpaired) electrons. The molecule has 0 spiro atoms. The standard InChI is InChI=1S/C38H28N2/c1-27-20-25-36(39-26-27)40(30-14-6-3-7-15-30)31-23-21-29(22-24-31)38-34-18-10-8-16-32(34)37(28-12-4-2-5-13-28)33-17-9-11-19-35(33)38/h2-26H,1H3. The van der Waals surface area contributed by atoms with Crippen molar-refractivity contribution in [1.29, 1.82) is 0 Å². The van der Waals surface area contributed by atoms with E-state index in [4.69, 9.17) is 4.98 Å². The van der Waals surface area contributed by atoms with Gasteiger partial charge in [-0.05, 0) is 86.6 Å². The zero-order valence-corrected chi connectivity index (χ0v) is 22.3. The molecular weight excluding hydrogens is 484 g/mol. The molecule has 0 N–H and O–H groups in total. The fraction of sp³-hybridized carbons (Fsp3) is 0.0263. The van der Waals surface area contributed by atoms with Gasteiger partial charge in [-0.1, -0.05) is 115 Å². The lowest BCUT2D eigenvalue weighted by molar-refractivity contribution is 1.16. The van der Waals surface area contributed by atoms with E-state index < -0.39 is 0 Å². The predicted molar refractivity (Wildman–Crippen MR) is 170 cm³/mol. The highest BCUT2D eigenvalue weighted by Gasteiger charge is 2.18. The van der Waals surface area contributed by atoms with Crippen molar-refractivity contribution in [3.8, 4) is 22.3 Å². The lowest BCUT2D eigenvalue weighted by Gasteiger charge is -2.25. The minimum atomic E-state index is 0.896. The summed E-state index contributed by atoms with van der Waals surface area (Å²) in [6.45, 7) is 2.07. The number of rotatable bonds is 5. The van der Waals surface area contributed by atoms with Gasteiger partial charge < -0.3 is 0 Å². The minimum Gasteiger partial charge on any atom is -0.295 e. The highest BCUT2D eigenvalue weighted by Crippen LogP contribution is 2.44. The molecule has 0 aliphatic rings. The number of anilines is 3. The van der Waals surface area contributed by atoms with Crippen LogP contribution in [-0.4, -0.2) is 4.98 Å². The van der Waals surface area contributed by atoms with E-state index >= 15 is 0 Å². The van der Waals surface area contributed by atoms with Gasteiger partial charge in [0.2, 0.25) is 0 Å². The Hall–Kier alpha value is -5.21. The van der Waals surface area contributed by atoms with Crippen molar-refractivity contribution in [2.75, 3.05) is 4.90 Å². The van der Waals surface area contributed by atoms with E-state index in [1.807, 2.05) is 12.3 Å².